The molecular weight excluding hydrogens is 339 g/mol. The number of rotatable bonds is 7. The van der Waals surface area contributed by atoms with E-state index < -0.39 is 5.82 Å². The smallest absolute Gasteiger partial charge is 0.162 e. The molecule has 0 amide bonds. The lowest BCUT2D eigenvalue weighted by molar-refractivity contribution is 0.221. The van der Waals surface area contributed by atoms with Crippen LogP contribution in [0.4, 0.5) is 10.1 Å². The summed E-state index contributed by atoms with van der Waals surface area (Å²) >= 11 is 0. The summed E-state index contributed by atoms with van der Waals surface area (Å²) in [4.78, 5) is 4.32. The molecule has 3 rings (SSSR count). The van der Waals surface area contributed by atoms with E-state index >= 15 is 0 Å². The third kappa shape index (κ3) is 3.62. The maximum atomic E-state index is 14.2. The number of halogens is 1. The molecule has 0 radical (unpaired) electrons. The lowest BCUT2D eigenvalue weighted by Crippen LogP contribution is -2.04. The number of pyridine rings is 1. The van der Waals surface area contributed by atoms with Gasteiger partial charge in [0.1, 0.15) is 24.0 Å². The molecule has 26 heavy (non-hydrogen) atoms. The van der Waals surface area contributed by atoms with Gasteiger partial charge in [0.05, 0.1) is 25.4 Å². The minimum Gasteiger partial charge on any atom is -0.493 e. The zero-order valence-corrected chi connectivity index (χ0v) is 14.7. The number of benzene rings is 2. The molecule has 0 aliphatic carbocycles. The van der Waals surface area contributed by atoms with Crippen LogP contribution in [0, 0.1) is 5.82 Å². The average molecular weight is 358 g/mol. The minimum absolute atomic E-state index is 0.216. The minimum atomic E-state index is -0.433. The van der Waals surface area contributed by atoms with Crippen molar-refractivity contribution in [1.29, 1.82) is 0 Å². The first-order valence-electron chi connectivity index (χ1n) is 7.87. The molecule has 0 unspecified atom stereocenters. The topological polar surface area (TPSA) is 61.8 Å². The van der Waals surface area contributed by atoms with Crippen molar-refractivity contribution in [3.05, 3.63) is 48.4 Å². The number of fused-ring (bicyclic) bond motifs is 1. The summed E-state index contributed by atoms with van der Waals surface area (Å²) in [6.45, 7) is 0.216. The summed E-state index contributed by atoms with van der Waals surface area (Å²) in [7, 11) is 4.65. The van der Waals surface area contributed by atoms with E-state index in [0.717, 1.165) is 5.39 Å². The summed E-state index contributed by atoms with van der Waals surface area (Å²) in [6, 6.07) is 9.83. The highest BCUT2D eigenvalue weighted by Gasteiger charge is 2.12. The Morgan fingerprint density at radius 2 is 1.73 bits per heavy atom. The fourth-order valence-corrected chi connectivity index (χ4v) is 2.52. The number of aromatic nitrogens is 1. The van der Waals surface area contributed by atoms with Crippen LogP contribution in [0.2, 0.25) is 0 Å². The first-order chi connectivity index (χ1) is 12.7. The molecule has 0 atom stereocenters. The fraction of sp³-hybridized carbons (Fsp3) is 0.211. The third-order valence-corrected chi connectivity index (χ3v) is 3.78. The molecule has 2 aromatic carbocycles. The Balaban J connectivity index is 1.94. The van der Waals surface area contributed by atoms with Gasteiger partial charge in [0.2, 0.25) is 0 Å². The van der Waals surface area contributed by atoms with Gasteiger partial charge in [-0.25, -0.2) is 4.39 Å². The van der Waals surface area contributed by atoms with E-state index in [4.69, 9.17) is 18.9 Å². The van der Waals surface area contributed by atoms with Crippen molar-refractivity contribution in [3.8, 4) is 23.0 Å². The zero-order chi connectivity index (χ0) is 18.5. The molecule has 6 nitrogen and oxygen atoms in total. The lowest BCUT2D eigenvalue weighted by Gasteiger charge is -2.13. The van der Waals surface area contributed by atoms with Gasteiger partial charge in [-0.3, -0.25) is 4.98 Å². The Morgan fingerprint density at radius 3 is 2.42 bits per heavy atom. The van der Waals surface area contributed by atoms with Crippen LogP contribution in [-0.4, -0.2) is 33.0 Å². The number of ether oxygens (including phenoxy) is 4. The van der Waals surface area contributed by atoms with Crippen molar-refractivity contribution in [2.24, 2.45) is 0 Å². The van der Waals surface area contributed by atoms with Crippen LogP contribution in [0.25, 0.3) is 10.9 Å². The second kappa shape index (κ2) is 7.88. The van der Waals surface area contributed by atoms with E-state index in [1.807, 2.05) is 0 Å². The molecule has 1 heterocycles. The highest BCUT2D eigenvalue weighted by molar-refractivity contribution is 5.88. The van der Waals surface area contributed by atoms with Gasteiger partial charge in [-0.15, -0.1) is 0 Å². The summed E-state index contributed by atoms with van der Waals surface area (Å²) in [5, 5.41) is 3.55. The quantitative estimate of drug-likeness (QED) is 0.639. The third-order valence-electron chi connectivity index (χ3n) is 3.78. The number of methoxy groups -OCH3 is 3. The van der Waals surface area contributed by atoms with Crippen molar-refractivity contribution in [3.63, 3.8) is 0 Å². The average Bonchev–Trinajstić information content (AvgIpc) is 2.66. The molecule has 0 saturated heterocycles. The zero-order valence-electron chi connectivity index (χ0n) is 14.7. The monoisotopic (exact) mass is 358 g/mol. The number of anilines is 1. The summed E-state index contributed by atoms with van der Waals surface area (Å²) < 4.78 is 35.5. The van der Waals surface area contributed by atoms with Gasteiger partial charge in [0.15, 0.2) is 11.5 Å². The van der Waals surface area contributed by atoms with E-state index in [1.165, 1.54) is 13.2 Å². The highest BCUT2D eigenvalue weighted by Crippen LogP contribution is 2.37. The largest absolute Gasteiger partial charge is 0.493 e. The molecule has 136 valence electrons. The number of nitrogens with one attached hydrogen (secondary N) is 1. The van der Waals surface area contributed by atoms with E-state index in [2.05, 4.69) is 10.3 Å². The van der Waals surface area contributed by atoms with Crippen LogP contribution in [0.1, 0.15) is 0 Å². The summed E-state index contributed by atoms with van der Waals surface area (Å²) in [5.74, 6) is 1.60. The molecule has 0 aliphatic heterocycles. The molecular formula is C19H19FN2O4. The number of hydrogen-bond acceptors (Lipinski definition) is 6. The second-order valence-electron chi connectivity index (χ2n) is 5.39. The molecule has 3 aromatic rings. The Labute approximate surface area is 150 Å². The van der Waals surface area contributed by atoms with E-state index in [9.17, 15) is 4.39 Å². The maximum Gasteiger partial charge on any atom is 0.162 e. The van der Waals surface area contributed by atoms with Gasteiger partial charge in [-0.1, -0.05) is 0 Å². The van der Waals surface area contributed by atoms with Gasteiger partial charge >= 0.3 is 0 Å². The predicted molar refractivity (Wildman–Crippen MR) is 96.8 cm³/mol. The van der Waals surface area contributed by atoms with Crippen molar-refractivity contribution >= 4 is 16.6 Å². The van der Waals surface area contributed by atoms with Crippen molar-refractivity contribution in [1.82, 2.24) is 4.98 Å². The Morgan fingerprint density at radius 1 is 0.962 bits per heavy atom. The number of hydrogen-bond donors (Lipinski definition) is 1. The van der Waals surface area contributed by atoms with E-state index in [-0.39, 0.29) is 6.73 Å². The Hall–Kier alpha value is -3.06. The molecule has 0 saturated carbocycles. The Kier molecular flexibility index (Phi) is 5.38. The lowest BCUT2D eigenvalue weighted by atomic mass is 10.2. The van der Waals surface area contributed by atoms with Crippen LogP contribution in [0.15, 0.2) is 42.6 Å². The summed E-state index contributed by atoms with van der Waals surface area (Å²) in [6.07, 6.45) is 1.62. The van der Waals surface area contributed by atoms with E-state index in [0.29, 0.717) is 34.2 Å². The SMILES string of the molecule is COCNc1ccc(Oc2ccnc3cc(OC)c(OC)cc23)cc1F. The molecule has 0 aliphatic rings. The van der Waals surface area contributed by atoms with E-state index in [1.54, 1.807) is 50.7 Å². The normalized spacial score (nSPS) is 10.6. The second-order valence-corrected chi connectivity index (χ2v) is 5.39. The fourth-order valence-electron chi connectivity index (χ4n) is 2.52. The number of nitrogens with zero attached hydrogens (tertiary/aromatic N) is 1. The van der Waals surface area contributed by atoms with Crippen LogP contribution in [0.3, 0.4) is 0 Å². The highest BCUT2D eigenvalue weighted by atomic mass is 19.1. The molecule has 0 bridgehead atoms. The van der Waals surface area contributed by atoms with Crippen LogP contribution in [-0.2, 0) is 4.74 Å². The van der Waals surface area contributed by atoms with Crippen molar-refractivity contribution < 1.29 is 23.3 Å². The standard InChI is InChI=1S/C19H19FN2O4/c1-23-11-22-15-5-4-12(8-14(15)20)26-17-6-7-21-16-10-19(25-3)18(24-2)9-13(16)17/h4-10,22H,11H2,1-3H3. The van der Waals surface area contributed by atoms with Crippen molar-refractivity contribution in [2.45, 2.75) is 0 Å². The van der Waals surface area contributed by atoms with Crippen molar-refractivity contribution in [2.75, 3.05) is 33.4 Å². The van der Waals surface area contributed by atoms with Crippen LogP contribution >= 0.6 is 0 Å². The van der Waals surface area contributed by atoms with Gasteiger partial charge in [-0.2, -0.15) is 0 Å². The maximum absolute atomic E-state index is 14.2. The summed E-state index contributed by atoms with van der Waals surface area (Å²) in [5.41, 5.74) is 1.02. The first kappa shape index (κ1) is 17.8. The first-order valence-corrected chi connectivity index (χ1v) is 7.87. The van der Waals surface area contributed by atoms with Gasteiger partial charge in [0.25, 0.3) is 0 Å². The molecule has 0 spiro atoms. The van der Waals surface area contributed by atoms with Gasteiger partial charge in [-0.05, 0) is 24.3 Å². The van der Waals surface area contributed by atoms with Gasteiger partial charge in [0, 0.05) is 30.8 Å². The van der Waals surface area contributed by atoms with Crippen LogP contribution < -0.4 is 19.5 Å². The van der Waals surface area contributed by atoms with Crippen LogP contribution in [0.5, 0.6) is 23.0 Å². The molecule has 0 fully saturated rings. The predicted octanol–water partition coefficient (Wildman–Crippen LogP) is 4.20. The van der Waals surface area contributed by atoms with Gasteiger partial charge < -0.3 is 24.3 Å². The molecule has 1 aromatic heterocycles. The molecule has 7 heteroatoms. The Bertz CT molecular complexity index is 917. The molecule has 1 N–H and O–H groups in total.